The van der Waals surface area contributed by atoms with Gasteiger partial charge >= 0.3 is 23.5 Å². The third-order valence-corrected chi connectivity index (χ3v) is 20.1. The maximum Gasteiger partial charge on any atom is 0.474 e. The van der Waals surface area contributed by atoms with Gasteiger partial charge in [0.05, 0.1) is 52.9 Å². The summed E-state index contributed by atoms with van der Waals surface area (Å²) in [4.78, 5) is 32.1. The van der Waals surface area contributed by atoms with Crippen LogP contribution in [0, 0.1) is 0 Å². The molecule has 48 heteroatoms. The number of unbranched alkanes of at least 4 members (excludes halogenated alkanes) is 6. The molecule has 0 aromatic rings. The molecule has 0 aromatic heterocycles. The molecular weight excluding hydrogens is 1440 g/mol. The van der Waals surface area contributed by atoms with E-state index in [4.69, 9.17) is 79.2 Å². The minimum Gasteiger partial charge on any atom is -0.394 e. The molecule has 100 heavy (non-hydrogen) atoms. The first kappa shape index (κ1) is 86.0. The number of hydrogen-bond donors (Lipinski definition) is 25. The number of allylic oxidation sites excluding steroid dienone is 1. The van der Waals surface area contributed by atoms with Gasteiger partial charge in [0, 0.05) is 0 Å². The standard InChI is InChI=1S/C52H93O45P3/c1-2-3-4-5-6-7-8-9-10-81-98(75,76)95-50-38(71)32(65)43(21(14-56)86-50)92-48-37(70)31(64)27(60)23(89-48)16-82-99(77,78)96-52-40(73)34(67)44(22(15-57)88-52)93-49-41(74)45(94-47-36(69)30(63)26(59)19(12-54)85-47)28(61)24(90-49)17-83-100(79,80)97-51-39(72)33(66)42(20(13-55)87-51)91-46-35(68)29(62)25(58)18(11-53)84-46/h2,18-74H,1,3-17H2,(H,75,76)(H,77,78)(H,79,80)/t18-,19-,20-,21-,22-,23-,24-,25+,26-,27+,28+,29+,30+,31+,32-,33-,34-,35-,36-,37-,38+,39+,40+,41-,42-,43-,44-,45+,46+,47+,48+,49+,50-,51-,52-/m1/s1. The van der Waals surface area contributed by atoms with Crippen molar-refractivity contribution in [1.29, 1.82) is 0 Å². The monoisotopic (exact) mass is 1530 g/mol. The molecule has 7 rings (SSSR count). The number of rotatable bonds is 35. The average Bonchev–Trinajstić information content (AvgIpc) is 0.784. The Morgan fingerprint density at radius 2 is 0.560 bits per heavy atom. The summed E-state index contributed by atoms with van der Waals surface area (Å²) in [6.45, 7) is -4.80. The van der Waals surface area contributed by atoms with Crippen LogP contribution < -0.4 is 0 Å². The highest BCUT2D eigenvalue weighted by atomic mass is 31.2. The molecule has 7 fully saturated rings. The van der Waals surface area contributed by atoms with Gasteiger partial charge < -0.3 is 179 Å². The van der Waals surface area contributed by atoms with Gasteiger partial charge in [0.25, 0.3) is 0 Å². The van der Waals surface area contributed by atoms with Crippen molar-refractivity contribution in [2.45, 2.75) is 260 Å². The van der Waals surface area contributed by atoms with Crippen molar-refractivity contribution in [3.63, 3.8) is 0 Å². The van der Waals surface area contributed by atoms with Gasteiger partial charge in [-0.25, -0.2) is 13.7 Å². The highest BCUT2D eigenvalue weighted by Gasteiger charge is 2.58. The minimum atomic E-state index is -5.77. The lowest BCUT2D eigenvalue weighted by atomic mass is 9.96. The molecule has 0 amide bonds. The molecule has 45 nitrogen and oxygen atoms in total. The lowest BCUT2D eigenvalue weighted by Crippen LogP contribution is -2.66. The first-order valence-corrected chi connectivity index (χ1v) is 36.0. The van der Waals surface area contributed by atoms with E-state index >= 15 is 0 Å². The lowest BCUT2D eigenvalue weighted by Gasteiger charge is -2.48. The molecule has 0 spiro atoms. The summed E-state index contributed by atoms with van der Waals surface area (Å²) in [7, 11) is -16.5. The number of ether oxygens (including phenoxy) is 11. The van der Waals surface area contributed by atoms with Crippen LogP contribution in [-0.4, -0.2) is 395 Å². The summed E-state index contributed by atoms with van der Waals surface area (Å²) in [5.74, 6) is 0. The Labute approximate surface area is 567 Å². The van der Waals surface area contributed by atoms with Gasteiger partial charge in [-0.3, -0.25) is 27.1 Å². The number of hydrogen-bond acceptors (Lipinski definition) is 42. The molecule has 0 aliphatic carbocycles. The Morgan fingerprint density at radius 1 is 0.290 bits per heavy atom. The van der Waals surface area contributed by atoms with Gasteiger partial charge in [-0.2, -0.15) is 0 Å². The van der Waals surface area contributed by atoms with Crippen LogP contribution in [0.1, 0.15) is 44.9 Å². The maximum atomic E-state index is 13.5. The number of phosphoric acid groups is 3. The fourth-order valence-corrected chi connectivity index (χ4v) is 14.0. The van der Waals surface area contributed by atoms with Crippen molar-refractivity contribution in [2.75, 3.05) is 52.9 Å². The van der Waals surface area contributed by atoms with E-state index in [1.807, 2.05) is 0 Å². The van der Waals surface area contributed by atoms with Gasteiger partial charge in [0.15, 0.2) is 44.0 Å². The fraction of sp³-hybridized carbons (Fsp3) is 0.962. The normalized spacial score (nSPS) is 46.3. The van der Waals surface area contributed by atoms with Gasteiger partial charge in [-0.05, 0) is 19.3 Å². The van der Waals surface area contributed by atoms with Crippen LogP contribution in [0.5, 0.6) is 0 Å². The topological polar surface area (TPSA) is 714 Å². The summed E-state index contributed by atoms with van der Waals surface area (Å²) in [6, 6.07) is 0. The third-order valence-electron chi connectivity index (χ3n) is 17.2. The molecule has 38 atom stereocenters. The summed E-state index contributed by atoms with van der Waals surface area (Å²) in [5.41, 5.74) is 0. The SMILES string of the molecule is C=CCCCCCCCCOP(=O)(O)O[C@H]1O[C@H](CO)[C@@H](O[C@@H]2O[C@H](COP(=O)(O)O[C@H]3O[C@H](CO)[C@@H](O[C@@H]4O[C@H](COP(=O)(O)O[C@H]5O[C@H](CO)[C@@H](O[C@@H]6O[C@H](CO)[C@H](O)[C@H](O)[C@H]6O)[C@H](O)[C@@H]5O)[C@H](O)[C@H](O[C@@H]5O[C@H](CO)[C@@H](O)[C@H](O)[C@H]5O)[C@H]4O)[C@H](O)[C@@H]3O)[C@H](O)[C@H](O)[C@H]2O)[C@H](O)[C@@H]1O. The molecule has 586 valence electrons. The van der Waals surface area contributed by atoms with Crippen LogP contribution in [0.4, 0.5) is 0 Å². The van der Waals surface area contributed by atoms with Crippen molar-refractivity contribution in [1.82, 2.24) is 0 Å². The number of aliphatic hydroxyl groups excluding tert-OH is 22. The van der Waals surface area contributed by atoms with Crippen molar-refractivity contribution in [3.8, 4) is 0 Å². The average molecular weight is 1530 g/mol. The van der Waals surface area contributed by atoms with E-state index in [0.29, 0.717) is 12.8 Å². The van der Waals surface area contributed by atoms with Crippen LogP contribution in [0.25, 0.3) is 0 Å². The van der Waals surface area contributed by atoms with Gasteiger partial charge in [-0.15, -0.1) is 6.58 Å². The molecule has 0 bridgehead atoms. The number of phosphoric ester groups is 3. The van der Waals surface area contributed by atoms with Crippen LogP contribution in [0.2, 0.25) is 0 Å². The zero-order chi connectivity index (χ0) is 74.0. The van der Waals surface area contributed by atoms with E-state index in [2.05, 4.69) is 6.58 Å². The van der Waals surface area contributed by atoms with Crippen LogP contribution in [0.15, 0.2) is 12.7 Å². The fourth-order valence-electron chi connectivity index (χ4n) is 11.5. The molecule has 7 heterocycles. The minimum absolute atomic E-state index is 0.249. The second-order valence-electron chi connectivity index (χ2n) is 24.3. The van der Waals surface area contributed by atoms with Crippen molar-refractivity contribution in [3.05, 3.63) is 12.7 Å². The van der Waals surface area contributed by atoms with Crippen molar-refractivity contribution in [2.24, 2.45) is 0 Å². The predicted molar refractivity (Wildman–Crippen MR) is 311 cm³/mol. The quantitative estimate of drug-likeness (QED) is 0.0159. The molecule has 7 aliphatic rings. The van der Waals surface area contributed by atoms with E-state index < -0.39 is 285 Å². The van der Waals surface area contributed by atoms with Crippen LogP contribution in [0.3, 0.4) is 0 Å². The summed E-state index contributed by atoms with van der Waals surface area (Å²) in [5, 5.41) is 235. The Morgan fingerprint density at radius 3 is 0.910 bits per heavy atom. The zero-order valence-corrected chi connectivity index (χ0v) is 55.5. The summed E-state index contributed by atoms with van der Waals surface area (Å²) in [6.07, 6.45) is -68.3. The van der Waals surface area contributed by atoms with E-state index in [0.717, 1.165) is 32.1 Å². The van der Waals surface area contributed by atoms with Gasteiger partial charge in [-0.1, -0.05) is 31.8 Å². The summed E-state index contributed by atoms with van der Waals surface area (Å²) >= 11 is 0. The highest BCUT2D eigenvalue weighted by molar-refractivity contribution is 7.47. The second-order valence-corrected chi connectivity index (χ2v) is 28.5. The van der Waals surface area contributed by atoms with Gasteiger partial charge in [0.2, 0.25) is 0 Å². The van der Waals surface area contributed by atoms with Crippen molar-refractivity contribution >= 4 is 23.5 Å². The highest BCUT2D eigenvalue weighted by Crippen LogP contribution is 2.51. The molecular formula is C52H93O45P3. The van der Waals surface area contributed by atoms with E-state index in [1.165, 1.54) is 0 Å². The summed E-state index contributed by atoms with van der Waals surface area (Å²) < 4.78 is 130. The van der Waals surface area contributed by atoms with Crippen LogP contribution in [-0.2, 0) is 92.9 Å². The predicted octanol–water partition coefficient (Wildman–Crippen LogP) is -12.0. The first-order valence-electron chi connectivity index (χ1n) is 31.5. The first-order chi connectivity index (χ1) is 47.1. The van der Waals surface area contributed by atoms with Gasteiger partial charge in [0.1, 0.15) is 171 Å². The second kappa shape index (κ2) is 38.2. The van der Waals surface area contributed by atoms with E-state index in [9.17, 15) is 141 Å². The Bertz CT molecular complexity index is 2610. The van der Waals surface area contributed by atoms with E-state index in [1.54, 1.807) is 6.08 Å². The lowest BCUT2D eigenvalue weighted by molar-refractivity contribution is -0.378. The molecule has 7 saturated heterocycles. The Hall–Kier alpha value is -1.25. The Balaban J connectivity index is 0.977. The molecule has 3 unspecified atom stereocenters. The smallest absolute Gasteiger partial charge is 0.394 e. The zero-order valence-electron chi connectivity index (χ0n) is 52.8. The van der Waals surface area contributed by atoms with Crippen molar-refractivity contribution < 1.29 is 220 Å². The molecule has 0 aromatic carbocycles. The molecule has 0 radical (unpaired) electrons. The molecule has 7 aliphatic heterocycles. The van der Waals surface area contributed by atoms with Crippen LogP contribution >= 0.6 is 23.5 Å². The largest absolute Gasteiger partial charge is 0.474 e. The maximum absolute atomic E-state index is 13.5. The number of aliphatic hydroxyl groups is 22. The Kier molecular flexibility index (Phi) is 32.9. The van der Waals surface area contributed by atoms with E-state index in [-0.39, 0.29) is 6.61 Å². The third kappa shape index (κ3) is 21.4. The molecule has 25 N–H and O–H groups in total. The molecule has 0 saturated carbocycles.